The minimum absolute atomic E-state index is 0.207. The molecule has 0 radical (unpaired) electrons. The van der Waals surface area contributed by atoms with Crippen LogP contribution in [0.1, 0.15) is 32.2 Å². The molecule has 0 saturated carbocycles. The van der Waals surface area contributed by atoms with E-state index in [0.717, 1.165) is 4.47 Å². The maximum atomic E-state index is 9.16. The Labute approximate surface area is 132 Å². The van der Waals surface area contributed by atoms with Crippen LogP contribution in [0.25, 0.3) is 0 Å². The molecular weight excluding hydrogens is 330 g/mol. The van der Waals surface area contributed by atoms with Gasteiger partial charge in [0.05, 0.1) is 11.3 Å². The zero-order valence-corrected chi connectivity index (χ0v) is 13.7. The van der Waals surface area contributed by atoms with Crippen LogP contribution in [0.5, 0.6) is 0 Å². The lowest BCUT2D eigenvalue weighted by molar-refractivity contribution is 0.547. The first-order chi connectivity index (χ1) is 9.79. The Morgan fingerprint density at radius 1 is 1.24 bits per heavy atom. The molecule has 1 aromatic carbocycles. The number of benzene rings is 1. The quantitative estimate of drug-likeness (QED) is 0.865. The van der Waals surface area contributed by atoms with Gasteiger partial charge in [0.1, 0.15) is 23.5 Å². The van der Waals surface area contributed by atoms with E-state index in [1.54, 1.807) is 12.1 Å². The molecule has 5 nitrogen and oxygen atoms in total. The smallest absolute Gasteiger partial charge is 0.138 e. The molecular formula is C15H16BrN5. The first-order valence-corrected chi connectivity index (χ1v) is 7.20. The zero-order valence-electron chi connectivity index (χ0n) is 12.1. The van der Waals surface area contributed by atoms with Crippen LogP contribution in [0.3, 0.4) is 0 Å². The molecule has 0 bridgehead atoms. The molecule has 0 aliphatic carbocycles. The summed E-state index contributed by atoms with van der Waals surface area (Å²) < 4.78 is 0.877. The van der Waals surface area contributed by atoms with Gasteiger partial charge in [-0.25, -0.2) is 9.97 Å². The van der Waals surface area contributed by atoms with Crippen molar-refractivity contribution < 1.29 is 0 Å². The third kappa shape index (κ3) is 3.70. The second kappa shape index (κ2) is 5.70. The SMILES string of the molecule is CC(C)(C)c1nc(N)cc(Nc2cc(Br)ccc2C#N)n1. The third-order valence-corrected chi connectivity index (χ3v) is 3.27. The number of halogens is 1. The highest BCUT2D eigenvalue weighted by atomic mass is 79.9. The van der Waals surface area contributed by atoms with E-state index in [9.17, 15) is 0 Å². The number of hydrogen-bond donors (Lipinski definition) is 2. The van der Waals surface area contributed by atoms with Crippen molar-refractivity contribution in [2.24, 2.45) is 0 Å². The van der Waals surface area contributed by atoms with Gasteiger partial charge in [0.25, 0.3) is 0 Å². The van der Waals surface area contributed by atoms with E-state index in [-0.39, 0.29) is 5.41 Å². The summed E-state index contributed by atoms with van der Waals surface area (Å²) in [4.78, 5) is 8.74. The fraction of sp³-hybridized carbons (Fsp3) is 0.267. The molecule has 2 aromatic rings. The van der Waals surface area contributed by atoms with Crippen molar-refractivity contribution in [3.05, 3.63) is 40.1 Å². The Hall–Kier alpha value is -2.13. The number of rotatable bonds is 2. The first kappa shape index (κ1) is 15.3. The summed E-state index contributed by atoms with van der Waals surface area (Å²) >= 11 is 3.39. The summed E-state index contributed by atoms with van der Waals surface area (Å²) in [5.41, 5.74) is 6.84. The van der Waals surface area contributed by atoms with Crippen LogP contribution in [0, 0.1) is 11.3 Å². The van der Waals surface area contributed by atoms with Crippen molar-refractivity contribution >= 4 is 33.3 Å². The van der Waals surface area contributed by atoms with E-state index in [1.807, 2.05) is 32.9 Å². The second-order valence-corrected chi connectivity index (χ2v) is 6.59. The minimum Gasteiger partial charge on any atom is -0.384 e. The molecule has 0 saturated heterocycles. The average Bonchev–Trinajstić information content (AvgIpc) is 2.37. The molecule has 0 aliphatic rings. The van der Waals surface area contributed by atoms with E-state index >= 15 is 0 Å². The Kier molecular flexibility index (Phi) is 4.14. The summed E-state index contributed by atoms with van der Waals surface area (Å²) in [5.74, 6) is 1.62. The standard InChI is InChI=1S/C15H16BrN5/c1-15(2,3)14-20-12(18)7-13(21-14)19-11-6-10(16)5-4-9(11)8-17/h4-7H,1-3H3,(H3,18,19,20,21). The number of anilines is 3. The van der Waals surface area contributed by atoms with Crippen LogP contribution in [-0.4, -0.2) is 9.97 Å². The van der Waals surface area contributed by atoms with Crippen molar-refractivity contribution in [3.63, 3.8) is 0 Å². The minimum atomic E-state index is -0.207. The highest BCUT2D eigenvalue weighted by Crippen LogP contribution is 2.26. The van der Waals surface area contributed by atoms with Crippen molar-refractivity contribution in [1.29, 1.82) is 5.26 Å². The zero-order chi connectivity index (χ0) is 15.6. The van der Waals surface area contributed by atoms with E-state index in [1.165, 1.54) is 0 Å². The van der Waals surface area contributed by atoms with Gasteiger partial charge in [0.15, 0.2) is 0 Å². The normalized spacial score (nSPS) is 11.0. The maximum Gasteiger partial charge on any atom is 0.138 e. The highest BCUT2D eigenvalue weighted by Gasteiger charge is 2.19. The molecule has 108 valence electrons. The van der Waals surface area contributed by atoms with Crippen LogP contribution in [0.15, 0.2) is 28.7 Å². The summed E-state index contributed by atoms with van der Waals surface area (Å²) in [6.45, 7) is 6.06. The number of nitrogens with one attached hydrogen (secondary N) is 1. The van der Waals surface area contributed by atoms with Gasteiger partial charge in [0.2, 0.25) is 0 Å². The summed E-state index contributed by atoms with van der Waals surface area (Å²) in [6.07, 6.45) is 0. The molecule has 21 heavy (non-hydrogen) atoms. The second-order valence-electron chi connectivity index (χ2n) is 5.68. The number of aromatic nitrogens is 2. The summed E-state index contributed by atoms with van der Waals surface area (Å²) in [6, 6.07) is 9.18. The Morgan fingerprint density at radius 2 is 1.95 bits per heavy atom. The average molecular weight is 346 g/mol. The molecule has 0 amide bonds. The predicted molar refractivity (Wildman–Crippen MR) is 87.3 cm³/mol. The summed E-state index contributed by atoms with van der Waals surface area (Å²) in [7, 11) is 0. The van der Waals surface area contributed by atoms with E-state index in [4.69, 9.17) is 11.0 Å². The molecule has 0 fully saturated rings. The molecule has 1 aromatic heterocycles. The van der Waals surface area contributed by atoms with Crippen molar-refractivity contribution in [2.45, 2.75) is 26.2 Å². The fourth-order valence-corrected chi connectivity index (χ4v) is 2.08. The monoisotopic (exact) mass is 345 g/mol. The number of hydrogen-bond acceptors (Lipinski definition) is 5. The Morgan fingerprint density at radius 3 is 2.57 bits per heavy atom. The van der Waals surface area contributed by atoms with Crippen molar-refractivity contribution in [3.8, 4) is 6.07 Å². The summed E-state index contributed by atoms with van der Waals surface area (Å²) in [5, 5.41) is 12.3. The molecule has 6 heteroatoms. The van der Waals surface area contributed by atoms with Gasteiger partial charge in [-0.1, -0.05) is 36.7 Å². The van der Waals surface area contributed by atoms with Gasteiger partial charge >= 0.3 is 0 Å². The number of nitrogens with zero attached hydrogens (tertiary/aromatic N) is 3. The molecule has 0 unspecified atom stereocenters. The molecule has 1 heterocycles. The van der Waals surface area contributed by atoms with Gasteiger partial charge in [-0.2, -0.15) is 5.26 Å². The van der Waals surface area contributed by atoms with E-state index < -0.39 is 0 Å². The predicted octanol–water partition coefficient (Wildman–Crippen LogP) is 3.73. The fourth-order valence-electron chi connectivity index (χ4n) is 1.72. The van der Waals surface area contributed by atoms with E-state index in [0.29, 0.717) is 28.7 Å². The number of nitriles is 1. The van der Waals surface area contributed by atoms with Crippen molar-refractivity contribution in [2.75, 3.05) is 11.1 Å². The van der Waals surface area contributed by atoms with Gasteiger partial charge in [0, 0.05) is 16.0 Å². The molecule has 2 rings (SSSR count). The van der Waals surface area contributed by atoms with Crippen LogP contribution in [0.2, 0.25) is 0 Å². The molecule has 3 N–H and O–H groups in total. The van der Waals surface area contributed by atoms with Gasteiger partial charge in [-0.15, -0.1) is 0 Å². The Balaban J connectivity index is 2.43. The van der Waals surface area contributed by atoms with Crippen LogP contribution in [-0.2, 0) is 5.41 Å². The van der Waals surface area contributed by atoms with Crippen LogP contribution < -0.4 is 11.1 Å². The van der Waals surface area contributed by atoms with Gasteiger partial charge < -0.3 is 11.1 Å². The van der Waals surface area contributed by atoms with Crippen molar-refractivity contribution in [1.82, 2.24) is 9.97 Å². The largest absolute Gasteiger partial charge is 0.384 e. The van der Waals surface area contributed by atoms with Crippen LogP contribution >= 0.6 is 15.9 Å². The number of nitrogen functional groups attached to an aromatic ring is 1. The molecule has 0 aliphatic heterocycles. The first-order valence-electron chi connectivity index (χ1n) is 6.41. The lowest BCUT2D eigenvalue weighted by atomic mass is 9.96. The van der Waals surface area contributed by atoms with E-state index in [2.05, 4.69) is 37.3 Å². The number of nitrogens with two attached hydrogens (primary N) is 1. The highest BCUT2D eigenvalue weighted by molar-refractivity contribution is 9.10. The molecule has 0 atom stereocenters. The maximum absolute atomic E-state index is 9.16. The van der Waals surface area contributed by atoms with Gasteiger partial charge in [-0.3, -0.25) is 0 Å². The topological polar surface area (TPSA) is 87.6 Å². The lowest BCUT2D eigenvalue weighted by Gasteiger charge is -2.18. The Bertz CT molecular complexity index is 713. The lowest BCUT2D eigenvalue weighted by Crippen LogP contribution is -2.17. The van der Waals surface area contributed by atoms with Gasteiger partial charge in [-0.05, 0) is 18.2 Å². The molecule has 0 spiro atoms. The third-order valence-electron chi connectivity index (χ3n) is 2.78. The van der Waals surface area contributed by atoms with Crippen LogP contribution in [0.4, 0.5) is 17.3 Å².